The van der Waals surface area contributed by atoms with Gasteiger partial charge in [0.1, 0.15) is 5.69 Å². The largest absolute Gasteiger partial charge is 0.493 e. The molecule has 1 saturated heterocycles. The van der Waals surface area contributed by atoms with Crippen LogP contribution in [-0.4, -0.2) is 87.9 Å². The highest BCUT2D eigenvalue weighted by Crippen LogP contribution is 2.32. The molecule has 0 bridgehead atoms. The Labute approximate surface area is 226 Å². The van der Waals surface area contributed by atoms with E-state index in [9.17, 15) is 9.82 Å². The van der Waals surface area contributed by atoms with Crippen molar-refractivity contribution in [2.75, 3.05) is 50.6 Å². The maximum Gasteiger partial charge on any atom is 0.376 e. The molecule has 0 saturated carbocycles. The summed E-state index contributed by atoms with van der Waals surface area (Å²) in [4.78, 5) is 30.3. The fourth-order valence-corrected chi connectivity index (χ4v) is 4.46. The third-order valence-electron chi connectivity index (χ3n) is 6.61. The minimum atomic E-state index is -0.486. The molecule has 13 heteroatoms. The van der Waals surface area contributed by atoms with Gasteiger partial charge in [-0.15, -0.1) is 0 Å². The molecule has 1 fully saturated rings. The lowest BCUT2D eigenvalue weighted by Crippen LogP contribution is -2.51. The molecule has 1 aliphatic heterocycles. The minimum Gasteiger partial charge on any atom is -0.493 e. The number of carbonyl (C=O) groups is 1. The van der Waals surface area contributed by atoms with Crippen molar-refractivity contribution in [2.24, 2.45) is 0 Å². The maximum atomic E-state index is 13.2. The van der Waals surface area contributed by atoms with Crippen LogP contribution >= 0.6 is 0 Å². The number of hydrogen-bond acceptors (Lipinski definition) is 10. The van der Waals surface area contributed by atoms with E-state index in [4.69, 9.17) is 9.47 Å². The highest BCUT2D eigenvalue weighted by molar-refractivity contribution is 6.45. The molecule has 4 heterocycles. The van der Waals surface area contributed by atoms with Gasteiger partial charge in [-0.25, -0.2) is 14.6 Å². The van der Waals surface area contributed by atoms with E-state index < -0.39 is 7.05 Å². The summed E-state index contributed by atoms with van der Waals surface area (Å²) in [6.07, 6.45) is 8.32. The van der Waals surface area contributed by atoms with E-state index in [0.717, 1.165) is 43.0 Å². The normalized spacial score (nSPS) is 13.7. The average molecular weight is 528 g/mol. The van der Waals surface area contributed by atoms with Gasteiger partial charge >= 0.3 is 7.05 Å². The van der Waals surface area contributed by atoms with Crippen LogP contribution in [0.15, 0.2) is 61.3 Å². The van der Waals surface area contributed by atoms with Gasteiger partial charge in [0.25, 0.3) is 11.9 Å². The van der Waals surface area contributed by atoms with Crippen LogP contribution in [0.4, 0.5) is 11.4 Å². The average Bonchev–Trinajstić information content (AvgIpc) is 3.48. The monoisotopic (exact) mass is 528 g/mol. The summed E-state index contributed by atoms with van der Waals surface area (Å²) in [5, 5.41) is 17.2. The fraction of sp³-hybridized carbons (Fsp3) is 0.269. The molecule has 1 aliphatic rings. The van der Waals surface area contributed by atoms with Crippen molar-refractivity contribution in [3.8, 4) is 28.6 Å². The van der Waals surface area contributed by atoms with E-state index in [1.807, 2.05) is 29.1 Å². The second kappa shape index (κ2) is 11.5. The maximum absolute atomic E-state index is 13.2. The van der Waals surface area contributed by atoms with E-state index in [1.54, 1.807) is 51.9 Å². The molecule has 0 spiro atoms. The first-order valence-electron chi connectivity index (χ1n) is 12.5. The lowest BCUT2D eigenvalue weighted by Gasteiger charge is -2.37. The topological polar surface area (TPSA) is 131 Å². The number of anilines is 2. The predicted molar refractivity (Wildman–Crippen MR) is 148 cm³/mol. The molecule has 12 nitrogen and oxygen atoms in total. The summed E-state index contributed by atoms with van der Waals surface area (Å²) in [5.74, 6) is 1.12. The van der Waals surface area contributed by atoms with Gasteiger partial charge in [0.05, 0.1) is 38.0 Å². The molecule has 2 N–H and O–H groups in total. The SMILES string of the molecule is COc1ccc(-c2cnn(-c3nccc(C(=O)Nc4cnccc4N4CCN(B(C)O)CC4)n3)c2)cc1OC. The molecule has 1 aromatic carbocycles. The molecule has 0 atom stereocenters. The second-order valence-corrected chi connectivity index (χ2v) is 8.99. The number of hydrogen-bond donors (Lipinski definition) is 2. The number of aromatic nitrogens is 5. The Morgan fingerprint density at radius 3 is 2.54 bits per heavy atom. The Balaban J connectivity index is 1.32. The molecule has 1 amide bonds. The molecule has 0 radical (unpaired) electrons. The molecule has 4 aromatic rings. The Kier molecular flexibility index (Phi) is 7.70. The molecule has 3 aromatic heterocycles. The third kappa shape index (κ3) is 5.69. The molecular weight excluding hydrogens is 499 g/mol. The van der Waals surface area contributed by atoms with Gasteiger partial charge in [-0.1, -0.05) is 6.07 Å². The van der Waals surface area contributed by atoms with Gasteiger partial charge < -0.3 is 29.5 Å². The summed E-state index contributed by atoms with van der Waals surface area (Å²) in [5.41, 5.74) is 3.35. The van der Waals surface area contributed by atoms with Crippen LogP contribution in [0.5, 0.6) is 11.5 Å². The molecule has 39 heavy (non-hydrogen) atoms. The number of carbonyl (C=O) groups excluding carboxylic acids is 1. The zero-order valence-corrected chi connectivity index (χ0v) is 22.0. The van der Waals surface area contributed by atoms with Gasteiger partial charge in [0, 0.05) is 50.3 Å². The van der Waals surface area contributed by atoms with E-state index in [-0.39, 0.29) is 17.5 Å². The summed E-state index contributed by atoms with van der Waals surface area (Å²) in [6.45, 7) is 4.65. The number of methoxy groups -OCH3 is 2. The summed E-state index contributed by atoms with van der Waals surface area (Å²) < 4.78 is 12.2. The zero-order chi connectivity index (χ0) is 27.4. The number of pyridine rings is 1. The van der Waals surface area contributed by atoms with E-state index in [1.165, 1.54) is 10.9 Å². The third-order valence-corrected chi connectivity index (χ3v) is 6.61. The smallest absolute Gasteiger partial charge is 0.376 e. The number of nitrogens with zero attached hydrogens (tertiary/aromatic N) is 7. The van der Waals surface area contributed by atoms with Crippen LogP contribution in [0.2, 0.25) is 6.82 Å². The Bertz CT molecular complexity index is 1460. The number of benzene rings is 1. The molecule has 5 rings (SSSR count). The van der Waals surface area contributed by atoms with Crippen molar-refractivity contribution >= 4 is 24.3 Å². The standard InChI is InChI=1S/C26H29BN8O4/c1-27(37)34-12-10-33(11-13-34)22-7-8-28-16-21(22)31-25(36)20-6-9-29-26(32-20)35-17-19(15-30-35)18-4-5-23(38-2)24(14-18)39-3/h4-9,14-17,37H,10-13H2,1-3H3,(H,31,36). The lowest BCUT2D eigenvalue weighted by atomic mass is 9.84. The van der Waals surface area contributed by atoms with Crippen molar-refractivity contribution < 1.29 is 19.3 Å². The van der Waals surface area contributed by atoms with E-state index in [2.05, 4.69) is 30.3 Å². The summed E-state index contributed by atoms with van der Waals surface area (Å²) in [6, 6.07) is 9.02. The van der Waals surface area contributed by atoms with Gasteiger partial charge in [0.2, 0.25) is 0 Å². The first kappa shape index (κ1) is 26.1. The van der Waals surface area contributed by atoms with Crippen LogP contribution < -0.4 is 19.7 Å². The van der Waals surface area contributed by atoms with E-state index >= 15 is 0 Å². The van der Waals surface area contributed by atoms with Crippen molar-refractivity contribution in [1.29, 1.82) is 0 Å². The molecular formula is C26H29BN8O4. The van der Waals surface area contributed by atoms with Gasteiger partial charge in [-0.05, 0) is 36.7 Å². The number of amides is 1. The van der Waals surface area contributed by atoms with Crippen LogP contribution in [0, 0.1) is 0 Å². The van der Waals surface area contributed by atoms with E-state index in [0.29, 0.717) is 17.2 Å². The highest BCUT2D eigenvalue weighted by atomic mass is 16.5. The molecule has 0 unspecified atom stereocenters. The molecule has 200 valence electrons. The Hall–Kier alpha value is -4.49. The second-order valence-electron chi connectivity index (χ2n) is 8.99. The quantitative estimate of drug-likeness (QED) is 0.328. The van der Waals surface area contributed by atoms with Crippen molar-refractivity contribution in [3.05, 3.63) is 67.0 Å². The number of rotatable bonds is 8. The fourth-order valence-electron chi connectivity index (χ4n) is 4.46. The number of piperazine rings is 1. The number of ether oxygens (including phenoxy) is 2. The Morgan fingerprint density at radius 2 is 1.79 bits per heavy atom. The van der Waals surface area contributed by atoms with Crippen LogP contribution in [0.25, 0.3) is 17.1 Å². The summed E-state index contributed by atoms with van der Waals surface area (Å²) in [7, 11) is 2.69. The van der Waals surface area contributed by atoms with Gasteiger partial charge in [-0.2, -0.15) is 5.10 Å². The van der Waals surface area contributed by atoms with Gasteiger partial charge in [-0.3, -0.25) is 9.78 Å². The molecule has 0 aliphatic carbocycles. The zero-order valence-electron chi connectivity index (χ0n) is 22.0. The summed E-state index contributed by atoms with van der Waals surface area (Å²) >= 11 is 0. The first-order chi connectivity index (χ1) is 19.0. The van der Waals surface area contributed by atoms with Crippen LogP contribution in [0.1, 0.15) is 10.5 Å². The number of nitrogens with one attached hydrogen (secondary N) is 1. The van der Waals surface area contributed by atoms with Crippen molar-refractivity contribution in [2.45, 2.75) is 6.82 Å². The predicted octanol–water partition coefficient (Wildman–Crippen LogP) is 2.23. The van der Waals surface area contributed by atoms with Crippen molar-refractivity contribution in [1.82, 2.24) is 29.5 Å². The minimum absolute atomic E-state index is 0.192. The van der Waals surface area contributed by atoms with Gasteiger partial charge in [0.15, 0.2) is 11.5 Å². The highest BCUT2D eigenvalue weighted by Gasteiger charge is 2.24. The van der Waals surface area contributed by atoms with Crippen LogP contribution in [0.3, 0.4) is 0 Å². The Morgan fingerprint density at radius 1 is 1.00 bits per heavy atom. The first-order valence-corrected chi connectivity index (χ1v) is 12.5. The van der Waals surface area contributed by atoms with Crippen LogP contribution in [-0.2, 0) is 0 Å². The van der Waals surface area contributed by atoms with Crippen molar-refractivity contribution in [3.63, 3.8) is 0 Å². The lowest BCUT2D eigenvalue weighted by molar-refractivity contribution is 0.102.